The fraction of sp³-hybridized carbons (Fsp3) is 0.450. The first-order chi connectivity index (χ1) is 14.1. The minimum absolute atomic E-state index is 0. The number of nitrogens with zero attached hydrogens (tertiary/aromatic N) is 4. The molecule has 2 N–H and O–H groups in total. The van der Waals surface area contributed by atoms with Gasteiger partial charge in [-0.1, -0.05) is 0 Å². The zero-order chi connectivity index (χ0) is 20.0. The summed E-state index contributed by atoms with van der Waals surface area (Å²) < 4.78 is 36.1. The number of rotatable bonds is 5. The van der Waals surface area contributed by atoms with Gasteiger partial charge in [-0.3, -0.25) is 0 Å². The molecule has 0 unspecified atom stereocenters. The van der Waals surface area contributed by atoms with Gasteiger partial charge in [-0.15, -0.1) is 12.4 Å². The van der Waals surface area contributed by atoms with Crippen molar-refractivity contribution in [3.8, 4) is 17.1 Å². The Morgan fingerprint density at radius 1 is 1.20 bits per heavy atom. The first-order valence-corrected chi connectivity index (χ1v) is 9.90. The van der Waals surface area contributed by atoms with Gasteiger partial charge in [0.25, 0.3) is 0 Å². The van der Waals surface area contributed by atoms with Crippen LogP contribution < -0.4 is 15.4 Å². The molecule has 7 nitrogen and oxygen atoms in total. The van der Waals surface area contributed by atoms with Crippen molar-refractivity contribution in [1.82, 2.24) is 24.9 Å². The van der Waals surface area contributed by atoms with E-state index in [-0.39, 0.29) is 30.0 Å². The summed E-state index contributed by atoms with van der Waals surface area (Å²) in [5, 5.41) is 11.0. The summed E-state index contributed by atoms with van der Waals surface area (Å²) in [6.07, 6.45) is 5.50. The minimum atomic E-state index is -0.748. The van der Waals surface area contributed by atoms with Crippen LogP contribution in [0.4, 0.5) is 14.6 Å². The zero-order valence-corrected chi connectivity index (χ0v) is 17.3. The van der Waals surface area contributed by atoms with Crippen molar-refractivity contribution in [3.63, 3.8) is 0 Å². The van der Waals surface area contributed by atoms with Crippen LogP contribution in [0.5, 0.6) is 5.75 Å². The van der Waals surface area contributed by atoms with Gasteiger partial charge in [0.15, 0.2) is 23.1 Å². The SMILES string of the molecule is COc1cc2ncc(-c3nc(N[C@@H]4CCCNC4)c(F)cc3F)n2nc1C1CC1.Cl. The molecule has 2 fully saturated rings. The van der Waals surface area contributed by atoms with Gasteiger partial charge in [-0.25, -0.2) is 23.3 Å². The van der Waals surface area contributed by atoms with E-state index in [9.17, 15) is 8.78 Å². The van der Waals surface area contributed by atoms with E-state index in [1.807, 2.05) is 0 Å². The highest BCUT2D eigenvalue weighted by molar-refractivity contribution is 5.85. The Labute approximate surface area is 178 Å². The number of nitrogens with one attached hydrogen (secondary N) is 2. The Morgan fingerprint density at radius 3 is 2.73 bits per heavy atom. The van der Waals surface area contributed by atoms with E-state index in [1.54, 1.807) is 17.7 Å². The molecular weight excluding hydrogens is 414 g/mol. The maximum atomic E-state index is 14.7. The molecular formula is C20H23ClF2N6O. The van der Waals surface area contributed by atoms with Crippen molar-refractivity contribution in [1.29, 1.82) is 0 Å². The molecule has 1 saturated heterocycles. The number of imidazole rings is 1. The molecule has 1 aliphatic carbocycles. The molecule has 1 saturated carbocycles. The molecule has 0 amide bonds. The third-order valence-corrected chi connectivity index (χ3v) is 5.48. The number of pyridine rings is 1. The molecule has 160 valence electrons. The first kappa shape index (κ1) is 20.7. The van der Waals surface area contributed by atoms with Gasteiger partial charge >= 0.3 is 0 Å². The Bertz CT molecular complexity index is 1070. The first-order valence-electron chi connectivity index (χ1n) is 9.90. The summed E-state index contributed by atoms with van der Waals surface area (Å²) in [4.78, 5) is 8.59. The fourth-order valence-corrected chi connectivity index (χ4v) is 3.79. The highest BCUT2D eigenvalue weighted by Crippen LogP contribution is 2.43. The third kappa shape index (κ3) is 3.79. The van der Waals surface area contributed by atoms with E-state index < -0.39 is 11.6 Å². The quantitative estimate of drug-likeness (QED) is 0.637. The Kier molecular flexibility index (Phi) is 5.75. The lowest BCUT2D eigenvalue weighted by Crippen LogP contribution is -2.38. The van der Waals surface area contributed by atoms with E-state index in [0.717, 1.165) is 50.5 Å². The number of anilines is 1. The molecule has 2 aliphatic rings. The van der Waals surface area contributed by atoms with Crippen LogP contribution in [-0.2, 0) is 0 Å². The molecule has 30 heavy (non-hydrogen) atoms. The second-order valence-corrected chi connectivity index (χ2v) is 7.62. The molecule has 1 atom stereocenters. The Morgan fingerprint density at radius 2 is 2.03 bits per heavy atom. The smallest absolute Gasteiger partial charge is 0.168 e. The number of hydrogen-bond acceptors (Lipinski definition) is 6. The van der Waals surface area contributed by atoms with Crippen LogP contribution in [0, 0.1) is 11.6 Å². The highest BCUT2D eigenvalue weighted by Gasteiger charge is 2.30. The zero-order valence-electron chi connectivity index (χ0n) is 16.5. The molecule has 10 heteroatoms. The third-order valence-electron chi connectivity index (χ3n) is 5.48. The van der Waals surface area contributed by atoms with Gasteiger partial charge in [-0.2, -0.15) is 5.10 Å². The van der Waals surface area contributed by atoms with Crippen molar-refractivity contribution in [2.75, 3.05) is 25.5 Å². The predicted molar refractivity (Wildman–Crippen MR) is 111 cm³/mol. The summed E-state index contributed by atoms with van der Waals surface area (Å²) in [7, 11) is 1.60. The fourth-order valence-electron chi connectivity index (χ4n) is 3.79. The number of aromatic nitrogens is 4. The van der Waals surface area contributed by atoms with Crippen LogP contribution in [0.3, 0.4) is 0 Å². The predicted octanol–water partition coefficient (Wildman–Crippen LogP) is 3.54. The highest BCUT2D eigenvalue weighted by atomic mass is 35.5. The number of fused-ring (bicyclic) bond motifs is 1. The van der Waals surface area contributed by atoms with Crippen molar-refractivity contribution in [2.45, 2.75) is 37.6 Å². The van der Waals surface area contributed by atoms with Crippen molar-refractivity contribution >= 4 is 23.9 Å². The molecule has 5 rings (SSSR count). The summed E-state index contributed by atoms with van der Waals surface area (Å²) >= 11 is 0. The average Bonchev–Trinajstić information content (AvgIpc) is 3.50. The lowest BCUT2D eigenvalue weighted by atomic mass is 10.1. The molecule has 1 aliphatic heterocycles. The van der Waals surface area contributed by atoms with E-state index in [0.29, 0.717) is 23.0 Å². The topological polar surface area (TPSA) is 76.4 Å². The molecule has 0 radical (unpaired) electrons. The van der Waals surface area contributed by atoms with E-state index in [4.69, 9.17) is 4.74 Å². The molecule has 0 spiro atoms. The van der Waals surface area contributed by atoms with Gasteiger partial charge in [0.1, 0.15) is 22.8 Å². The summed E-state index contributed by atoms with van der Waals surface area (Å²) in [6, 6.07) is 2.71. The minimum Gasteiger partial charge on any atom is -0.495 e. The van der Waals surface area contributed by atoms with Crippen LogP contribution in [0.2, 0.25) is 0 Å². The van der Waals surface area contributed by atoms with Crippen LogP contribution in [0.1, 0.15) is 37.3 Å². The van der Waals surface area contributed by atoms with Gasteiger partial charge in [-0.05, 0) is 32.2 Å². The normalized spacial score (nSPS) is 18.8. The number of methoxy groups -OCH3 is 1. The van der Waals surface area contributed by atoms with Crippen LogP contribution >= 0.6 is 12.4 Å². The lowest BCUT2D eigenvalue weighted by molar-refractivity contribution is 0.405. The van der Waals surface area contributed by atoms with Crippen molar-refractivity contribution < 1.29 is 13.5 Å². The summed E-state index contributed by atoms with van der Waals surface area (Å²) in [5.41, 5.74) is 1.75. The van der Waals surface area contributed by atoms with E-state index >= 15 is 0 Å². The van der Waals surface area contributed by atoms with Gasteiger partial charge in [0.05, 0.1) is 13.3 Å². The Hall–Kier alpha value is -2.52. The molecule has 0 aromatic carbocycles. The summed E-state index contributed by atoms with van der Waals surface area (Å²) in [6.45, 7) is 1.67. The maximum absolute atomic E-state index is 14.7. The Balaban J connectivity index is 0.00000218. The van der Waals surface area contributed by atoms with Gasteiger partial charge in [0, 0.05) is 30.6 Å². The van der Waals surface area contributed by atoms with Crippen molar-refractivity contribution in [3.05, 3.63) is 35.7 Å². The van der Waals surface area contributed by atoms with Crippen LogP contribution in [0.25, 0.3) is 17.0 Å². The molecule has 3 aromatic heterocycles. The largest absolute Gasteiger partial charge is 0.495 e. The van der Waals surface area contributed by atoms with E-state index in [2.05, 4.69) is 25.7 Å². The van der Waals surface area contributed by atoms with Crippen LogP contribution in [-0.4, -0.2) is 45.8 Å². The molecule has 4 heterocycles. The number of ether oxygens (including phenoxy) is 1. The van der Waals surface area contributed by atoms with E-state index in [1.165, 1.54) is 6.20 Å². The number of hydrogen-bond donors (Lipinski definition) is 2. The standard InChI is InChI=1S/C20H22F2N6O.ClH/c1-29-16-8-17-24-10-15(28(17)27-18(16)11-4-5-11)19-13(21)7-14(22)20(26-19)25-12-3-2-6-23-9-12;/h7-8,10-12,23H,2-6,9H2,1H3,(H,25,26);1H/t12-;/m1./s1. The monoisotopic (exact) mass is 436 g/mol. The maximum Gasteiger partial charge on any atom is 0.168 e. The van der Waals surface area contributed by atoms with Crippen molar-refractivity contribution in [2.24, 2.45) is 0 Å². The van der Waals surface area contributed by atoms with Gasteiger partial charge in [0.2, 0.25) is 0 Å². The summed E-state index contributed by atoms with van der Waals surface area (Å²) in [5.74, 6) is -0.398. The molecule has 0 bridgehead atoms. The average molecular weight is 437 g/mol. The van der Waals surface area contributed by atoms with Gasteiger partial charge < -0.3 is 15.4 Å². The second-order valence-electron chi connectivity index (χ2n) is 7.62. The van der Waals surface area contributed by atoms with Crippen LogP contribution in [0.15, 0.2) is 18.3 Å². The number of halogens is 3. The lowest BCUT2D eigenvalue weighted by Gasteiger charge is -2.24. The molecule has 3 aromatic rings. The second kappa shape index (κ2) is 8.31. The number of piperidine rings is 1.